The third kappa shape index (κ3) is 3.41. The van der Waals surface area contributed by atoms with Gasteiger partial charge in [0.2, 0.25) is 0 Å². The molecule has 3 heteroatoms. The quantitative estimate of drug-likeness (QED) is 0.491. The van der Waals surface area contributed by atoms with Crippen molar-refractivity contribution >= 4 is 21.4 Å². The van der Waals surface area contributed by atoms with Crippen molar-refractivity contribution in [3.63, 3.8) is 0 Å². The molecule has 0 aliphatic carbocycles. The van der Waals surface area contributed by atoms with Crippen molar-refractivity contribution in [1.29, 1.82) is 0 Å². The van der Waals surface area contributed by atoms with E-state index in [9.17, 15) is 0 Å². The molecule has 2 aromatic carbocycles. The maximum Gasteiger partial charge on any atom is 0.0963 e. The van der Waals surface area contributed by atoms with Gasteiger partial charge < -0.3 is 9.64 Å². The van der Waals surface area contributed by atoms with Crippen molar-refractivity contribution in [3.05, 3.63) is 70.1 Å². The lowest BCUT2D eigenvalue weighted by atomic mass is 9.84. The summed E-state index contributed by atoms with van der Waals surface area (Å²) in [6.45, 7) is 6.53. The molecule has 146 valence electrons. The molecular formula is C25H29NOS. The van der Waals surface area contributed by atoms with Crippen molar-refractivity contribution in [2.24, 2.45) is 0 Å². The van der Waals surface area contributed by atoms with Crippen LogP contribution in [0, 0.1) is 6.92 Å². The van der Waals surface area contributed by atoms with Gasteiger partial charge >= 0.3 is 0 Å². The van der Waals surface area contributed by atoms with Crippen LogP contribution in [-0.2, 0) is 23.4 Å². The van der Waals surface area contributed by atoms with Gasteiger partial charge in [0.25, 0.3) is 0 Å². The van der Waals surface area contributed by atoms with Crippen LogP contribution in [0.5, 0.6) is 0 Å². The van der Waals surface area contributed by atoms with E-state index in [0.717, 1.165) is 32.5 Å². The minimum Gasteiger partial charge on any atom is -0.365 e. The molecule has 2 aliphatic rings. The summed E-state index contributed by atoms with van der Waals surface area (Å²) in [6, 6.07) is 15.6. The molecule has 1 fully saturated rings. The number of unbranched alkanes of at least 4 members (excludes halogenated alkanes) is 1. The molecule has 1 aromatic heterocycles. The Balaban J connectivity index is 1.12. The zero-order chi connectivity index (χ0) is 19.0. The number of hydrogen-bond acceptors (Lipinski definition) is 3. The first-order valence-electron chi connectivity index (χ1n) is 10.6. The molecule has 0 N–H and O–H groups in total. The molecule has 5 rings (SSSR count). The fourth-order valence-electron chi connectivity index (χ4n) is 4.98. The highest BCUT2D eigenvalue weighted by molar-refractivity contribution is 7.17. The van der Waals surface area contributed by atoms with Crippen LogP contribution in [0.25, 0.3) is 10.1 Å². The van der Waals surface area contributed by atoms with Crippen LogP contribution in [-0.4, -0.2) is 24.5 Å². The molecule has 1 saturated heterocycles. The lowest BCUT2D eigenvalue weighted by Gasteiger charge is -2.39. The van der Waals surface area contributed by atoms with Gasteiger partial charge in [-0.2, -0.15) is 0 Å². The van der Waals surface area contributed by atoms with Crippen LogP contribution in [0.15, 0.2) is 47.8 Å². The zero-order valence-corrected chi connectivity index (χ0v) is 17.6. The van der Waals surface area contributed by atoms with Gasteiger partial charge in [-0.25, -0.2) is 0 Å². The van der Waals surface area contributed by atoms with Crippen molar-refractivity contribution < 1.29 is 4.74 Å². The Morgan fingerprint density at radius 2 is 1.93 bits per heavy atom. The van der Waals surface area contributed by atoms with Crippen molar-refractivity contribution in [2.75, 3.05) is 19.6 Å². The Morgan fingerprint density at radius 1 is 1.07 bits per heavy atom. The number of likely N-dealkylation sites (tertiary alicyclic amines) is 1. The first-order chi connectivity index (χ1) is 13.7. The molecule has 3 aromatic rings. The van der Waals surface area contributed by atoms with Crippen molar-refractivity contribution in [2.45, 2.75) is 51.2 Å². The van der Waals surface area contributed by atoms with Gasteiger partial charge in [-0.15, -0.1) is 11.3 Å². The maximum atomic E-state index is 6.30. The predicted octanol–water partition coefficient (Wildman–Crippen LogP) is 6.05. The van der Waals surface area contributed by atoms with E-state index in [0.29, 0.717) is 0 Å². The predicted molar refractivity (Wildman–Crippen MR) is 118 cm³/mol. The topological polar surface area (TPSA) is 12.5 Å². The molecule has 0 atom stereocenters. The molecule has 0 amide bonds. The number of benzene rings is 2. The van der Waals surface area contributed by atoms with E-state index in [4.69, 9.17) is 4.74 Å². The summed E-state index contributed by atoms with van der Waals surface area (Å²) >= 11 is 1.89. The molecule has 2 nitrogen and oxygen atoms in total. The SMILES string of the molecule is Cc1ccc2scc(CCCCN3CCC4(CC3)OCc3ccccc34)c2c1. The molecule has 0 saturated carbocycles. The van der Waals surface area contributed by atoms with Crippen LogP contribution >= 0.6 is 11.3 Å². The van der Waals surface area contributed by atoms with E-state index in [2.05, 4.69) is 59.7 Å². The molecule has 3 heterocycles. The minimum atomic E-state index is 0.000542. The summed E-state index contributed by atoms with van der Waals surface area (Å²) in [5.41, 5.74) is 5.76. The van der Waals surface area contributed by atoms with E-state index >= 15 is 0 Å². The summed E-state index contributed by atoms with van der Waals surface area (Å²) in [5, 5.41) is 3.84. The molecule has 0 bridgehead atoms. The number of piperidine rings is 1. The first-order valence-corrected chi connectivity index (χ1v) is 11.5. The number of rotatable bonds is 5. The maximum absolute atomic E-state index is 6.30. The normalized spacial score (nSPS) is 18.8. The highest BCUT2D eigenvalue weighted by Crippen LogP contribution is 2.43. The summed E-state index contributed by atoms with van der Waals surface area (Å²) in [6.07, 6.45) is 6.04. The molecule has 28 heavy (non-hydrogen) atoms. The lowest BCUT2D eigenvalue weighted by molar-refractivity contribution is -0.0788. The van der Waals surface area contributed by atoms with Gasteiger partial charge in [0, 0.05) is 17.8 Å². The van der Waals surface area contributed by atoms with Crippen molar-refractivity contribution in [3.8, 4) is 0 Å². The largest absolute Gasteiger partial charge is 0.365 e. The fraction of sp³-hybridized carbons (Fsp3) is 0.440. The number of thiophene rings is 1. The zero-order valence-electron chi connectivity index (χ0n) is 16.7. The second kappa shape index (κ2) is 7.62. The van der Waals surface area contributed by atoms with Crippen LogP contribution in [0.1, 0.15) is 47.9 Å². The van der Waals surface area contributed by atoms with Crippen molar-refractivity contribution in [1.82, 2.24) is 4.90 Å². The molecule has 2 aliphatic heterocycles. The third-order valence-electron chi connectivity index (χ3n) is 6.66. The van der Waals surface area contributed by atoms with E-state index in [1.807, 2.05) is 11.3 Å². The van der Waals surface area contributed by atoms with Gasteiger partial charge in [0.05, 0.1) is 12.2 Å². The van der Waals surface area contributed by atoms with Gasteiger partial charge in [0.15, 0.2) is 0 Å². The number of ether oxygens (including phenoxy) is 1. The average Bonchev–Trinajstić information content (AvgIpc) is 3.29. The van der Waals surface area contributed by atoms with Gasteiger partial charge in [-0.05, 0) is 79.1 Å². The first kappa shape index (κ1) is 18.4. The Kier molecular flexibility index (Phi) is 5.00. The number of nitrogens with zero attached hydrogens (tertiary/aromatic N) is 1. The molecule has 0 radical (unpaired) electrons. The molecular weight excluding hydrogens is 362 g/mol. The average molecular weight is 392 g/mol. The number of hydrogen-bond donors (Lipinski definition) is 0. The van der Waals surface area contributed by atoms with E-state index in [1.54, 1.807) is 0 Å². The Labute approximate surface area is 172 Å². The molecule has 1 spiro atoms. The van der Waals surface area contributed by atoms with E-state index in [1.165, 1.54) is 58.1 Å². The van der Waals surface area contributed by atoms with Gasteiger partial charge in [0.1, 0.15) is 0 Å². The van der Waals surface area contributed by atoms with Crippen LogP contribution < -0.4 is 0 Å². The standard InChI is InChI=1S/C25H29NOS/c1-19-9-10-24-22(16-19)21(18-28-24)7-4-5-13-26-14-11-25(12-15-26)23-8-3-2-6-20(23)17-27-25/h2-3,6,8-10,16,18H,4-5,7,11-15,17H2,1H3. The second-order valence-corrected chi connectivity index (χ2v) is 9.41. The lowest BCUT2D eigenvalue weighted by Crippen LogP contribution is -2.42. The highest BCUT2D eigenvalue weighted by atomic mass is 32.1. The number of fused-ring (bicyclic) bond motifs is 3. The van der Waals surface area contributed by atoms with Gasteiger partial charge in [-0.3, -0.25) is 0 Å². The van der Waals surface area contributed by atoms with Gasteiger partial charge in [-0.1, -0.05) is 42.0 Å². The second-order valence-electron chi connectivity index (χ2n) is 8.50. The van der Waals surface area contributed by atoms with Crippen LogP contribution in [0.4, 0.5) is 0 Å². The Bertz CT molecular complexity index is 968. The molecule has 0 unspecified atom stereocenters. The summed E-state index contributed by atoms with van der Waals surface area (Å²) in [4.78, 5) is 2.64. The van der Waals surface area contributed by atoms with E-state index in [-0.39, 0.29) is 5.60 Å². The number of aryl methyl sites for hydroxylation is 2. The highest BCUT2D eigenvalue weighted by Gasteiger charge is 2.42. The summed E-state index contributed by atoms with van der Waals surface area (Å²) in [7, 11) is 0. The van der Waals surface area contributed by atoms with E-state index < -0.39 is 0 Å². The van der Waals surface area contributed by atoms with Crippen LogP contribution in [0.2, 0.25) is 0 Å². The summed E-state index contributed by atoms with van der Waals surface area (Å²) < 4.78 is 7.73. The fourth-order valence-corrected chi connectivity index (χ4v) is 5.95. The Morgan fingerprint density at radius 3 is 2.82 bits per heavy atom. The Hall–Kier alpha value is -1.68. The minimum absolute atomic E-state index is 0.000542. The third-order valence-corrected chi connectivity index (χ3v) is 7.67. The van der Waals surface area contributed by atoms with Crippen LogP contribution in [0.3, 0.4) is 0 Å². The smallest absolute Gasteiger partial charge is 0.0963 e. The monoisotopic (exact) mass is 391 g/mol. The summed E-state index contributed by atoms with van der Waals surface area (Å²) in [5.74, 6) is 0.